The van der Waals surface area contributed by atoms with E-state index in [-0.39, 0.29) is 11.8 Å². The van der Waals surface area contributed by atoms with Crippen molar-refractivity contribution in [1.29, 1.82) is 0 Å². The number of carbonyl (C=O) groups is 2. The molecule has 0 saturated carbocycles. The summed E-state index contributed by atoms with van der Waals surface area (Å²) in [5.41, 5.74) is 4.94. The number of carbonyl (C=O) groups excluding carboxylic acids is 2. The Hall–Kier alpha value is -4.98. The quantitative estimate of drug-likeness (QED) is 0.339. The lowest BCUT2D eigenvalue weighted by molar-refractivity contribution is 0.101. The maximum absolute atomic E-state index is 12.7. The lowest BCUT2D eigenvalue weighted by atomic mass is 10.2. The molecule has 0 radical (unpaired) electrons. The molecule has 2 N–H and O–H groups in total. The van der Waals surface area contributed by atoms with Crippen LogP contribution in [0.5, 0.6) is 5.75 Å². The number of nitrogens with one attached hydrogen (secondary N) is 2. The zero-order chi connectivity index (χ0) is 24.9. The Kier molecular flexibility index (Phi) is 6.40. The van der Waals surface area contributed by atoms with Gasteiger partial charge in [-0.3, -0.25) is 14.6 Å². The molecule has 0 aliphatic carbocycles. The molecule has 5 rings (SSSR count). The number of fused-ring (bicyclic) bond motifs is 1. The second-order valence-electron chi connectivity index (χ2n) is 8.19. The minimum absolute atomic E-state index is 0.254. The first kappa shape index (κ1) is 22.8. The van der Waals surface area contributed by atoms with Gasteiger partial charge in [0.15, 0.2) is 0 Å². The Bertz CT molecular complexity index is 1530. The van der Waals surface area contributed by atoms with Crippen LogP contribution < -0.4 is 15.4 Å². The number of rotatable bonds is 7. The topological polar surface area (TPSA) is 97.6 Å². The summed E-state index contributed by atoms with van der Waals surface area (Å²) in [6.07, 6.45) is 7.01. The summed E-state index contributed by atoms with van der Waals surface area (Å²) in [7, 11) is 0. The second-order valence-corrected chi connectivity index (χ2v) is 8.19. The molecular formula is C28H23N5O3. The first-order valence-corrected chi connectivity index (χ1v) is 11.3. The van der Waals surface area contributed by atoms with Gasteiger partial charge in [-0.15, -0.1) is 0 Å². The van der Waals surface area contributed by atoms with Crippen molar-refractivity contribution >= 4 is 28.8 Å². The number of pyridine rings is 2. The number of hydrogen-bond acceptors (Lipinski definition) is 5. The van der Waals surface area contributed by atoms with E-state index < -0.39 is 0 Å². The molecule has 36 heavy (non-hydrogen) atoms. The van der Waals surface area contributed by atoms with Crippen LogP contribution in [-0.2, 0) is 6.61 Å². The smallest absolute Gasteiger partial charge is 0.255 e. The Balaban J connectivity index is 1.19. The predicted molar refractivity (Wildman–Crippen MR) is 137 cm³/mol. The van der Waals surface area contributed by atoms with Crippen LogP contribution in [-0.4, -0.2) is 26.2 Å². The van der Waals surface area contributed by atoms with E-state index >= 15 is 0 Å². The molecule has 3 aromatic heterocycles. The minimum Gasteiger partial charge on any atom is -0.487 e. The number of aromatic nitrogens is 3. The third-order valence-corrected chi connectivity index (χ3v) is 5.55. The van der Waals surface area contributed by atoms with Crippen molar-refractivity contribution in [3.05, 3.63) is 120 Å². The Labute approximate surface area is 207 Å². The van der Waals surface area contributed by atoms with Gasteiger partial charge in [-0.25, -0.2) is 4.98 Å². The zero-order valence-corrected chi connectivity index (χ0v) is 19.5. The summed E-state index contributed by atoms with van der Waals surface area (Å²) < 4.78 is 7.83. The normalized spacial score (nSPS) is 10.7. The molecule has 0 unspecified atom stereocenters. The fourth-order valence-electron chi connectivity index (χ4n) is 3.72. The van der Waals surface area contributed by atoms with Gasteiger partial charge < -0.3 is 19.8 Å². The van der Waals surface area contributed by atoms with Crippen LogP contribution in [0.2, 0.25) is 0 Å². The van der Waals surface area contributed by atoms with Crippen molar-refractivity contribution in [2.24, 2.45) is 0 Å². The number of aryl methyl sites for hydroxylation is 1. The van der Waals surface area contributed by atoms with Crippen molar-refractivity contribution in [3.63, 3.8) is 0 Å². The van der Waals surface area contributed by atoms with Crippen molar-refractivity contribution in [3.8, 4) is 5.75 Å². The Morgan fingerprint density at radius 2 is 1.53 bits per heavy atom. The summed E-state index contributed by atoms with van der Waals surface area (Å²) in [6, 6.07) is 21.1. The highest BCUT2D eigenvalue weighted by molar-refractivity contribution is 6.06. The molecule has 3 heterocycles. The molecule has 0 bridgehead atoms. The molecule has 2 aromatic carbocycles. The Morgan fingerprint density at radius 3 is 2.19 bits per heavy atom. The molecule has 178 valence electrons. The van der Waals surface area contributed by atoms with Crippen LogP contribution in [0.25, 0.3) is 5.65 Å². The summed E-state index contributed by atoms with van der Waals surface area (Å²) in [5, 5.41) is 5.67. The van der Waals surface area contributed by atoms with Crippen LogP contribution in [0.4, 0.5) is 11.4 Å². The molecule has 5 aromatic rings. The molecule has 0 saturated heterocycles. The highest BCUT2D eigenvalue weighted by Gasteiger charge is 2.10. The lowest BCUT2D eigenvalue weighted by Crippen LogP contribution is -2.14. The van der Waals surface area contributed by atoms with Crippen LogP contribution in [0.3, 0.4) is 0 Å². The largest absolute Gasteiger partial charge is 0.487 e. The van der Waals surface area contributed by atoms with Gasteiger partial charge >= 0.3 is 0 Å². The van der Waals surface area contributed by atoms with Gasteiger partial charge in [-0.1, -0.05) is 12.1 Å². The van der Waals surface area contributed by atoms with Gasteiger partial charge in [-0.05, 0) is 73.2 Å². The maximum atomic E-state index is 12.7. The van der Waals surface area contributed by atoms with Gasteiger partial charge in [0, 0.05) is 47.3 Å². The third-order valence-electron chi connectivity index (χ3n) is 5.55. The molecular weight excluding hydrogens is 454 g/mol. The fourth-order valence-corrected chi connectivity index (χ4v) is 3.72. The van der Waals surface area contributed by atoms with Gasteiger partial charge in [0.25, 0.3) is 11.8 Å². The number of benzene rings is 2. The van der Waals surface area contributed by atoms with Crippen molar-refractivity contribution in [2.75, 3.05) is 10.6 Å². The summed E-state index contributed by atoms with van der Waals surface area (Å²) in [4.78, 5) is 33.6. The molecule has 2 amide bonds. The third kappa shape index (κ3) is 5.23. The average Bonchev–Trinajstić information content (AvgIpc) is 3.33. The number of imidazole rings is 1. The second kappa shape index (κ2) is 10.1. The van der Waals surface area contributed by atoms with Gasteiger partial charge in [-0.2, -0.15) is 0 Å². The van der Waals surface area contributed by atoms with Crippen molar-refractivity contribution in [1.82, 2.24) is 14.4 Å². The average molecular weight is 478 g/mol. The lowest BCUT2D eigenvalue weighted by Gasteiger charge is -2.10. The molecule has 0 aliphatic rings. The van der Waals surface area contributed by atoms with Gasteiger partial charge in [0.05, 0.1) is 5.69 Å². The van der Waals surface area contributed by atoms with Gasteiger partial charge in [0.2, 0.25) is 0 Å². The monoisotopic (exact) mass is 477 g/mol. The van der Waals surface area contributed by atoms with Crippen LogP contribution in [0.15, 0.2) is 97.6 Å². The number of anilines is 2. The SMILES string of the molecule is Cc1cccn2cc(COc3ccc(C(=O)Nc4cccc(NC(=O)c5ccncc5)c4)cc3)nc12. The van der Waals surface area contributed by atoms with Crippen LogP contribution in [0, 0.1) is 6.92 Å². The summed E-state index contributed by atoms with van der Waals surface area (Å²) in [5.74, 6) is 0.117. The first-order chi connectivity index (χ1) is 17.5. The molecule has 8 heteroatoms. The van der Waals surface area contributed by atoms with Crippen LogP contribution in [0.1, 0.15) is 32.0 Å². The first-order valence-electron chi connectivity index (χ1n) is 11.3. The molecule has 0 fully saturated rings. The van der Waals surface area contributed by atoms with E-state index in [1.807, 2.05) is 35.9 Å². The molecule has 0 aliphatic heterocycles. The highest BCUT2D eigenvalue weighted by atomic mass is 16.5. The van der Waals surface area contributed by atoms with E-state index in [1.165, 1.54) is 0 Å². The zero-order valence-electron chi connectivity index (χ0n) is 19.5. The Morgan fingerprint density at radius 1 is 0.861 bits per heavy atom. The molecule has 0 atom stereocenters. The fraction of sp³-hybridized carbons (Fsp3) is 0.0714. The number of nitrogens with zero attached hydrogens (tertiary/aromatic N) is 3. The highest BCUT2D eigenvalue weighted by Crippen LogP contribution is 2.19. The molecule has 8 nitrogen and oxygen atoms in total. The minimum atomic E-state index is -0.269. The predicted octanol–water partition coefficient (Wildman–Crippen LogP) is 5.12. The van der Waals surface area contributed by atoms with E-state index in [0.29, 0.717) is 34.9 Å². The maximum Gasteiger partial charge on any atom is 0.255 e. The molecule has 0 spiro atoms. The number of hydrogen-bond donors (Lipinski definition) is 2. The summed E-state index contributed by atoms with van der Waals surface area (Å²) in [6.45, 7) is 2.34. The summed E-state index contributed by atoms with van der Waals surface area (Å²) >= 11 is 0. The number of ether oxygens (including phenoxy) is 1. The van der Waals surface area contributed by atoms with E-state index in [9.17, 15) is 9.59 Å². The van der Waals surface area contributed by atoms with Crippen LogP contribution >= 0.6 is 0 Å². The van der Waals surface area contributed by atoms with E-state index in [2.05, 4.69) is 20.6 Å². The number of amides is 2. The van der Waals surface area contributed by atoms with E-state index in [0.717, 1.165) is 16.9 Å². The van der Waals surface area contributed by atoms with Gasteiger partial charge in [0.1, 0.15) is 18.0 Å². The van der Waals surface area contributed by atoms with Crippen molar-refractivity contribution < 1.29 is 14.3 Å². The standard InChI is InChI=1S/C28H23N5O3/c1-19-4-3-15-33-17-24(30-26(19)33)18-36-25-9-7-20(8-10-25)27(34)31-22-5-2-6-23(16-22)32-28(35)21-11-13-29-14-12-21/h2-17H,18H2,1H3,(H,31,34)(H,32,35). The van der Waals surface area contributed by atoms with E-state index in [4.69, 9.17) is 4.74 Å². The van der Waals surface area contributed by atoms with E-state index in [1.54, 1.807) is 73.1 Å². The van der Waals surface area contributed by atoms with Crippen molar-refractivity contribution in [2.45, 2.75) is 13.5 Å².